The van der Waals surface area contributed by atoms with Gasteiger partial charge in [-0.1, -0.05) is 0 Å². The molecule has 10 nitrogen and oxygen atoms in total. The number of fused-ring (bicyclic) bond motifs is 2. The molecule has 11 heteroatoms. The van der Waals surface area contributed by atoms with Crippen LogP contribution < -0.4 is 25.0 Å². The predicted octanol–water partition coefficient (Wildman–Crippen LogP) is 1.55. The van der Waals surface area contributed by atoms with Gasteiger partial charge in [-0.05, 0) is 60.1 Å². The van der Waals surface area contributed by atoms with Crippen LogP contribution in [0.1, 0.15) is 18.5 Å². The maximum absolute atomic E-state index is 12.4. The Hall–Kier alpha value is -2.76. The maximum Gasteiger partial charge on any atom is 0.265 e. The average molecular weight is 517 g/mol. The van der Waals surface area contributed by atoms with E-state index in [0.717, 1.165) is 48.3 Å². The molecule has 2 aromatic rings. The molecule has 33 heavy (non-hydrogen) atoms. The van der Waals surface area contributed by atoms with Crippen molar-refractivity contribution < 1.29 is 19.1 Å². The summed E-state index contributed by atoms with van der Waals surface area (Å²) >= 11 is 3.42. The minimum Gasteiger partial charge on any atom is -0.480 e. The van der Waals surface area contributed by atoms with Gasteiger partial charge in [-0.25, -0.2) is 9.97 Å². The highest BCUT2D eigenvalue weighted by Gasteiger charge is 2.28. The molecule has 0 unspecified atom stereocenters. The van der Waals surface area contributed by atoms with Crippen LogP contribution in [0.5, 0.6) is 11.6 Å². The molecule has 1 saturated heterocycles. The number of likely N-dealkylation sites (tertiary alicyclic amines) is 1. The van der Waals surface area contributed by atoms with Crippen molar-refractivity contribution in [3.63, 3.8) is 0 Å². The molecule has 0 bridgehead atoms. The number of anilines is 2. The van der Waals surface area contributed by atoms with Crippen LogP contribution in [0.25, 0.3) is 0 Å². The van der Waals surface area contributed by atoms with Crippen LogP contribution in [0.3, 0.4) is 0 Å². The normalized spacial score (nSPS) is 18.8. The molecule has 3 aliphatic rings. The van der Waals surface area contributed by atoms with Gasteiger partial charge in [-0.3, -0.25) is 9.59 Å². The molecule has 2 N–H and O–H groups in total. The molecule has 2 amide bonds. The second kappa shape index (κ2) is 9.62. The highest BCUT2D eigenvalue weighted by Crippen LogP contribution is 2.32. The smallest absolute Gasteiger partial charge is 0.265 e. The summed E-state index contributed by atoms with van der Waals surface area (Å²) in [5.41, 5.74) is 1.59. The first-order chi connectivity index (χ1) is 16.0. The molecule has 0 atom stereocenters. The molecule has 0 aromatic carbocycles. The number of nitrogens with one attached hydrogen (secondary N) is 2. The van der Waals surface area contributed by atoms with Crippen molar-refractivity contribution in [2.45, 2.75) is 25.4 Å². The van der Waals surface area contributed by atoms with Gasteiger partial charge in [0, 0.05) is 36.3 Å². The van der Waals surface area contributed by atoms with Crippen molar-refractivity contribution >= 4 is 39.2 Å². The van der Waals surface area contributed by atoms with Crippen LogP contribution in [0.15, 0.2) is 28.9 Å². The number of ether oxygens (including phenoxy) is 2. The van der Waals surface area contributed by atoms with E-state index in [1.807, 2.05) is 18.2 Å². The van der Waals surface area contributed by atoms with Crippen molar-refractivity contribution in [1.29, 1.82) is 0 Å². The lowest BCUT2D eigenvalue weighted by Crippen LogP contribution is -2.47. The van der Waals surface area contributed by atoms with Crippen molar-refractivity contribution in [3.8, 4) is 11.6 Å². The number of pyridine rings is 2. The largest absolute Gasteiger partial charge is 0.480 e. The summed E-state index contributed by atoms with van der Waals surface area (Å²) in [5.74, 6) is 1.37. The number of rotatable bonds is 6. The molecular weight excluding hydrogens is 492 g/mol. The average Bonchev–Trinajstić information content (AvgIpc) is 2.82. The van der Waals surface area contributed by atoms with Crippen molar-refractivity contribution in [2.24, 2.45) is 0 Å². The third-order valence-electron chi connectivity index (χ3n) is 6.05. The first-order valence-electron chi connectivity index (χ1n) is 11.0. The molecule has 1 fully saturated rings. The van der Waals surface area contributed by atoms with Gasteiger partial charge in [0.25, 0.3) is 11.8 Å². The van der Waals surface area contributed by atoms with E-state index in [1.165, 1.54) is 0 Å². The number of hydrogen-bond acceptors (Lipinski definition) is 8. The van der Waals surface area contributed by atoms with Gasteiger partial charge in [0.15, 0.2) is 24.8 Å². The number of aromatic nitrogens is 2. The zero-order chi connectivity index (χ0) is 22.8. The number of halogens is 1. The minimum absolute atomic E-state index is 0.0279. The fraction of sp³-hybridized carbons (Fsp3) is 0.455. The number of nitrogens with zero attached hydrogens (tertiary/aromatic N) is 4. The summed E-state index contributed by atoms with van der Waals surface area (Å²) in [5, 5.41) is 6.32. The first-order valence-corrected chi connectivity index (χ1v) is 11.8. The van der Waals surface area contributed by atoms with Gasteiger partial charge >= 0.3 is 0 Å². The number of carbonyl (C=O) groups excluding carboxylic acids is 2. The molecule has 0 radical (unpaired) electrons. The molecule has 0 aliphatic carbocycles. The Kier molecular flexibility index (Phi) is 6.43. The van der Waals surface area contributed by atoms with Crippen molar-refractivity contribution in [2.75, 3.05) is 49.6 Å². The van der Waals surface area contributed by atoms with Crippen LogP contribution >= 0.6 is 15.9 Å². The number of carbonyl (C=O) groups is 2. The van der Waals surface area contributed by atoms with E-state index >= 15 is 0 Å². The Balaban J connectivity index is 1.09. The molecule has 2 aromatic heterocycles. The quantitative estimate of drug-likeness (QED) is 0.595. The Morgan fingerprint density at radius 3 is 2.85 bits per heavy atom. The second-order valence-corrected chi connectivity index (χ2v) is 9.21. The summed E-state index contributed by atoms with van der Waals surface area (Å²) in [4.78, 5) is 36.8. The maximum atomic E-state index is 12.4. The monoisotopic (exact) mass is 516 g/mol. The van der Waals surface area contributed by atoms with Gasteiger partial charge in [0.1, 0.15) is 5.69 Å². The first kappa shape index (κ1) is 22.1. The fourth-order valence-corrected chi connectivity index (χ4v) is 4.58. The Labute approximate surface area is 199 Å². The molecule has 174 valence electrons. The van der Waals surface area contributed by atoms with E-state index in [0.29, 0.717) is 36.6 Å². The van der Waals surface area contributed by atoms with E-state index < -0.39 is 0 Å². The Bertz CT molecular complexity index is 1060. The van der Waals surface area contributed by atoms with Crippen LogP contribution in [-0.4, -0.2) is 72.1 Å². The number of piperidine rings is 1. The highest BCUT2D eigenvalue weighted by atomic mass is 79.9. The Morgan fingerprint density at radius 2 is 2.00 bits per heavy atom. The van der Waals surface area contributed by atoms with Crippen LogP contribution in [0.2, 0.25) is 0 Å². The van der Waals surface area contributed by atoms with Crippen LogP contribution in [0, 0.1) is 0 Å². The number of hydrogen-bond donors (Lipinski definition) is 2. The van der Waals surface area contributed by atoms with Crippen molar-refractivity contribution in [3.05, 3.63) is 34.6 Å². The van der Waals surface area contributed by atoms with Crippen LogP contribution in [0.4, 0.5) is 11.5 Å². The molecule has 3 aliphatic heterocycles. The summed E-state index contributed by atoms with van der Waals surface area (Å²) in [6, 6.07) is 6.04. The summed E-state index contributed by atoms with van der Waals surface area (Å²) in [6.07, 6.45) is 3.71. The van der Waals surface area contributed by atoms with E-state index in [1.54, 1.807) is 11.1 Å². The summed E-state index contributed by atoms with van der Waals surface area (Å²) in [7, 11) is 0. The lowest BCUT2D eigenvalue weighted by Gasteiger charge is -2.35. The van der Waals surface area contributed by atoms with E-state index in [2.05, 4.69) is 41.4 Å². The Morgan fingerprint density at radius 1 is 1.15 bits per heavy atom. The SMILES string of the molecule is O=C1COc2ccc(CNC3CCN(CCN4C(=O)COc5ncc(Br)cc54)CC3)nc2N1. The lowest BCUT2D eigenvalue weighted by atomic mass is 10.0. The molecular formula is C22H25BrN6O4. The zero-order valence-corrected chi connectivity index (χ0v) is 19.6. The topological polar surface area (TPSA) is 109 Å². The van der Waals surface area contributed by atoms with Gasteiger partial charge < -0.3 is 29.9 Å². The third-order valence-corrected chi connectivity index (χ3v) is 6.49. The second-order valence-electron chi connectivity index (χ2n) is 8.29. The van der Waals surface area contributed by atoms with Gasteiger partial charge in [-0.15, -0.1) is 0 Å². The van der Waals surface area contributed by atoms with Gasteiger partial charge in [-0.2, -0.15) is 0 Å². The van der Waals surface area contributed by atoms with Crippen LogP contribution in [-0.2, 0) is 16.1 Å². The molecule has 0 saturated carbocycles. The summed E-state index contributed by atoms with van der Waals surface area (Å²) in [6.45, 7) is 4.03. The third kappa shape index (κ3) is 5.10. The van der Waals surface area contributed by atoms with E-state index in [-0.39, 0.29) is 25.0 Å². The fourth-order valence-electron chi connectivity index (χ4n) is 4.26. The van der Waals surface area contributed by atoms with Crippen molar-refractivity contribution in [1.82, 2.24) is 20.2 Å². The molecule has 5 rings (SSSR count). The molecule has 5 heterocycles. The lowest BCUT2D eigenvalue weighted by molar-refractivity contribution is -0.121. The van der Waals surface area contributed by atoms with Gasteiger partial charge in [0.2, 0.25) is 5.88 Å². The number of amides is 2. The zero-order valence-electron chi connectivity index (χ0n) is 18.1. The minimum atomic E-state index is -0.182. The molecule has 0 spiro atoms. The standard InChI is InChI=1S/C22H25BrN6O4/c23-14-9-17-22(25-10-14)33-13-20(31)29(17)8-7-28-5-3-15(4-6-28)24-11-16-1-2-18-21(26-16)27-19(30)12-32-18/h1-2,9-10,15,24H,3-8,11-13H2,(H,26,27,30). The predicted molar refractivity (Wildman–Crippen MR) is 124 cm³/mol. The van der Waals surface area contributed by atoms with Gasteiger partial charge in [0.05, 0.1) is 5.69 Å². The van der Waals surface area contributed by atoms with E-state index in [4.69, 9.17) is 9.47 Å². The summed E-state index contributed by atoms with van der Waals surface area (Å²) < 4.78 is 11.6. The van der Waals surface area contributed by atoms with E-state index in [9.17, 15) is 9.59 Å². The highest BCUT2D eigenvalue weighted by molar-refractivity contribution is 9.10.